The normalized spacial score (nSPS) is 15.4. The van der Waals surface area contributed by atoms with Crippen LogP contribution in [0.3, 0.4) is 0 Å². The Morgan fingerprint density at radius 1 is 1.26 bits per heavy atom. The van der Waals surface area contributed by atoms with Crippen molar-refractivity contribution in [2.45, 2.75) is 12.5 Å². The van der Waals surface area contributed by atoms with Gasteiger partial charge in [-0.15, -0.1) is 0 Å². The molecule has 1 aliphatic heterocycles. The number of hydrogen-bond donors (Lipinski definition) is 2. The standard InChI is InChI=1S/C21H17ClF2N4O3/c1-31-20(29)14-9-12(23)3-5-16(14)27-21(30)28-7-6-17-18(26-10-25-17)19(28)13-4-2-11(22)8-15(13)24/h2-5,8-10,19H,6-7H2,1H3,(H,25,26)(H,27,30). The number of esters is 1. The van der Waals surface area contributed by atoms with Crippen LogP contribution in [0, 0.1) is 11.6 Å². The molecule has 0 saturated heterocycles. The highest BCUT2D eigenvalue weighted by Gasteiger charge is 2.36. The third-order valence-corrected chi connectivity index (χ3v) is 5.31. The number of amides is 2. The van der Waals surface area contributed by atoms with Gasteiger partial charge < -0.3 is 19.9 Å². The van der Waals surface area contributed by atoms with Crippen LogP contribution in [0.4, 0.5) is 19.3 Å². The van der Waals surface area contributed by atoms with E-state index in [1.807, 2.05) is 0 Å². The first-order valence-corrected chi connectivity index (χ1v) is 9.69. The van der Waals surface area contributed by atoms with Crippen LogP contribution in [0.5, 0.6) is 0 Å². The molecule has 1 aromatic heterocycles. The van der Waals surface area contributed by atoms with Gasteiger partial charge in [-0.3, -0.25) is 0 Å². The Morgan fingerprint density at radius 2 is 2.06 bits per heavy atom. The summed E-state index contributed by atoms with van der Waals surface area (Å²) in [5.41, 5.74) is 1.46. The van der Waals surface area contributed by atoms with E-state index in [0.29, 0.717) is 12.1 Å². The first-order valence-electron chi connectivity index (χ1n) is 9.31. The second-order valence-electron chi connectivity index (χ2n) is 6.89. The number of methoxy groups -OCH3 is 1. The van der Waals surface area contributed by atoms with Crippen LogP contribution >= 0.6 is 11.6 Å². The monoisotopic (exact) mass is 446 g/mol. The average molecular weight is 447 g/mol. The molecule has 0 spiro atoms. The number of urea groups is 1. The minimum absolute atomic E-state index is 0.0707. The van der Waals surface area contributed by atoms with Gasteiger partial charge in [0.1, 0.15) is 17.7 Å². The molecule has 1 unspecified atom stereocenters. The van der Waals surface area contributed by atoms with E-state index in [1.54, 1.807) is 0 Å². The number of ether oxygens (including phenoxy) is 1. The number of benzene rings is 2. The minimum Gasteiger partial charge on any atom is -0.465 e. The van der Waals surface area contributed by atoms with Gasteiger partial charge in [-0.05, 0) is 30.3 Å². The molecule has 2 aromatic carbocycles. The van der Waals surface area contributed by atoms with Gasteiger partial charge >= 0.3 is 12.0 Å². The van der Waals surface area contributed by atoms with Crippen molar-refractivity contribution in [3.8, 4) is 0 Å². The summed E-state index contributed by atoms with van der Waals surface area (Å²) in [6.45, 7) is 0.252. The second kappa shape index (κ2) is 8.35. The van der Waals surface area contributed by atoms with E-state index in [2.05, 4.69) is 20.0 Å². The van der Waals surface area contributed by atoms with Gasteiger partial charge in [0, 0.05) is 29.2 Å². The Bertz CT molecular complexity index is 1170. The molecule has 0 fully saturated rings. The lowest BCUT2D eigenvalue weighted by molar-refractivity contribution is 0.0601. The molecule has 7 nitrogen and oxygen atoms in total. The summed E-state index contributed by atoms with van der Waals surface area (Å²) in [4.78, 5) is 33.9. The number of anilines is 1. The fraction of sp³-hybridized carbons (Fsp3) is 0.190. The van der Waals surface area contributed by atoms with Gasteiger partial charge in [0.15, 0.2) is 0 Å². The molecule has 2 amide bonds. The van der Waals surface area contributed by atoms with Crippen molar-refractivity contribution in [2.24, 2.45) is 0 Å². The number of halogens is 3. The zero-order valence-electron chi connectivity index (χ0n) is 16.3. The van der Waals surface area contributed by atoms with E-state index in [9.17, 15) is 18.4 Å². The number of imidazole rings is 1. The Labute approximate surface area is 181 Å². The zero-order valence-corrected chi connectivity index (χ0v) is 17.0. The maximum atomic E-state index is 14.8. The summed E-state index contributed by atoms with van der Waals surface area (Å²) in [7, 11) is 1.15. The molecule has 1 atom stereocenters. The summed E-state index contributed by atoms with van der Waals surface area (Å²) >= 11 is 5.89. The number of nitrogens with zero attached hydrogens (tertiary/aromatic N) is 2. The summed E-state index contributed by atoms with van der Waals surface area (Å²) in [6, 6.07) is 6.13. The number of rotatable bonds is 3. The van der Waals surface area contributed by atoms with Crippen molar-refractivity contribution in [1.82, 2.24) is 14.9 Å². The molecule has 2 N–H and O–H groups in total. The average Bonchev–Trinajstić information content (AvgIpc) is 3.23. The molecular weight excluding hydrogens is 430 g/mol. The Morgan fingerprint density at radius 3 is 2.81 bits per heavy atom. The second-order valence-corrected chi connectivity index (χ2v) is 7.33. The fourth-order valence-electron chi connectivity index (χ4n) is 3.62. The van der Waals surface area contributed by atoms with E-state index in [-0.39, 0.29) is 28.4 Å². The first-order chi connectivity index (χ1) is 14.9. The van der Waals surface area contributed by atoms with Crippen molar-refractivity contribution in [2.75, 3.05) is 19.0 Å². The lowest BCUT2D eigenvalue weighted by Gasteiger charge is -2.35. The zero-order chi connectivity index (χ0) is 22.1. The highest BCUT2D eigenvalue weighted by molar-refractivity contribution is 6.30. The van der Waals surface area contributed by atoms with E-state index in [0.717, 1.165) is 24.9 Å². The lowest BCUT2D eigenvalue weighted by Crippen LogP contribution is -2.43. The number of H-pyrrole nitrogens is 1. The Hall–Kier alpha value is -3.46. The third-order valence-electron chi connectivity index (χ3n) is 5.07. The van der Waals surface area contributed by atoms with Crippen molar-refractivity contribution in [3.63, 3.8) is 0 Å². The van der Waals surface area contributed by atoms with E-state index in [1.165, 1.54) is 35.5 Å². The van der Waals surface area contributed by atoms with E-state index in [4.69, 9.17) is 11.6 Å². The number of aromatic amines is 1. The topological polar surface area (TPSA) is 87.3 Å². The van der Waals surface area contributed by atoms with Crippen molar-refractivity contribution in [1.29, 1.82) is 0 Å². The molecule has 3 aromatic rings. The van der Waals surface area contributed by atoms with Gasteiger partial charge in [-0.25, -0.2) is 23.4 Å². The van der Waals surface area contributed by atoms with Crippen molar-refractivity contribution < 1.29 is 23.1 Å². The summed E-state index contributed by atoms with van der Waals surface area (Å²) in [5, 5.41) is 2.84. The molecular formula is C21H17ClF2N4O3. The number of carbonyl (C=O) groups is 2. The Balaban J connectivity index is 1.71. The number of carbonyl (C=O) groups excluding carboxylic acids is 2. The van der Waals surface area contributed by atoms with Gasteiger partial charge in [0.2, 0.25) is 0 Å². The Kier molecular flexibility index (Phi) is 5.60. The number of aromatic nitrogens is 2. The predicted molar refractivity (Wildman–Crippen MR) is 109 cm³/mol. The molecule has 10 heteroatoms. The molecule has 2 heterocycles. The first kappa shape index (κ1) is 20.8. The van der Waals surface area contributed by atoms with Gasteiger partial charge in [-0.1, -0.05) is 17.7 Å². The summed E-state index contributed by atoms with van der Waals surface area (Å²) < 4.78 is 33.1. The molecule has 0 bridgehead atoms. The van der Waals surface area contributed by atoms with Gasteiger partial charge in [0.05, 0.1) is 30.4 Å². The van der Waals surface area contributed by atoms with Crippen LogP contribution in [0.25, 0.3) is 0 Å². The fourth-order valence-corrected chi connectivity index (χ4v) is 3.78. The van der Waals surface area contributed by atoms with Gasteiger partial charge in [0.25, 0.3) is 0 Å². The van der Waals surface area contributed by atoms with Crippen LogP contribution in [0.15, 0.2) is 42.7 Å². The quantitative estimate of drug-likeness (QED) is 0.587. The number of fused-ring (bicyclic) bond motifs is 1. The predicted octanol–water partition coefficient (Wildman–Crippen LogP) is 4.31. The number of nitrogens with one attached hydrogen (secondary N) is 2. The van der Waals surface area contributed by atoms with Crippen LogP contribution in [0.2, 0.25) is 5.02 Å². The summed E-state index contributed by atoms with van der Waals surface area (Å²) in [5.74, 6) is -2.04. The molecule has 4 rings (SSSR count). The molecule has 160 valence electrons. The number of hydrogen-bond acceptors (Lipinski definition) is 4. The highest BCUT2D eigenvalue weighted by atomic mass is 35.5. The van der Waals surface area contributed by atoms with E-state index >= 15 is 0 Å². The van der Waals surface area contributed by atoms with Crippen molar-refractivity contribution in [3.05, 3.63) is 81.9 Å². The maximum Gasteiger partial charge on any atom is 0.340 e. The van der Waals surface area contributed by atoms with Crippen LogP contribution in [0.1, 0.15) is 33.4 Å². The maximum absolute atomic E-state index is 14.8. The third kappa shape index (κ3) is 3.96. The molecule has 31 heavy (non-hydrogen) atoms. The SMILES string of the molecule is COC(=O)c1cc(F)ccc1NC(=O)N1CCc2[nH]cnc2C1c1ccc(Cl)cc1F. The molecule has 1 aliphatic rings. The molecule has 0 saturated carbocycles. The van der Waals surface area contributed by atoms with Gasteiger partial charge in [-0.2, -0.15) is 0 Å². The summed E-state index contributed by atoms with van der Waals surface area (Å²) in [6.07, 6.45) is 1.96. The highest BCUT2D eigenvalue weighted by Crippen LogP contribution is 2.36. The van der Waals surface area contributed by atoms with Crippen LogP contribution in [-0.4, -0.2) is 40.5 Å². The van der Waals surface area contributed by atoms with Crippen LogP contribution < -0.4 is 5.32 Å². The lowest BCUT2D eigenvalue weighted by atomic mass is 9.95. The molecule has 0 radical (unpaired) electrons. The van der Waals surface area contributed by atoms with Crippen LogP contribution in [-0.2, 0) is 11.2 Å². The molecule has 0 aliphatic carbocycles. The van der Waals surface area contributed by atoms with Crippen molar-refractivity contribution >= 4 is 29.3 Å². The largest absolute Gasteiger partial charge is 0.465 e. The minimum atomic E-state index is -0.825. The smallest absolute Gasteiger partial charge is 0.340 e. The van der Waals surface area contributed by atoms with E-state index < -0.39 is 29.7 Å².